The van der Waals surface area contributed by atoms with E-state index in [1.807, 2.05) is 0 Å². The predicted octanol–water partition coefficient (Wildman–Crippen LogP) is 1.32. The summed E-state index contributed by atoms with van der Waals surface area (Å²) in [6, 6.07) is 0. The van der Waals surface area contributed by atoms with Gasteiger partial charge in [0, 0.05) is 5.57 Å². The molecule has 0 aliphatic carbocycles. The van der Waals surface area contributed by atoms with E-state index in [-0.39, 0.29) is 12.0 Å². The minimum atomic E-state index is -1.93. The molecule has 1 N–H and O–H groups in total. The fourth-order valence-corrected chi connectivity index (χ4v) is 0.542. The SMILES string of the molecule is C=COC(O)(CC)OC(=O)C(=C)C. The number of aliphatic hydroxyl groups is 1. The third-order valence-electron chi connectivity index (χ3n) is 1.31. The van der Waals surface area contributed by atoms with Crippen molar-refractivity contribution in [1.29, 1.82) is 0 Å². The molecule has 0 fully saturated rings. The average molecular weight is 186 g/mol. The van der Waals surface area contributed by atoms with Crippen LogP contribution in [0.1, 0.15) is 20.3 Å². The van der Waals surface area contributed by atoms with E-state index in [2.05, 4.69) is 22.6 Å². The van der Waals surface area contributed by atoms with Gasteiger partial charge in [0.05, 0.1) is 12.7 Å². The minimum Gasteiger partial charge on any atom is -0.439 e. The van der Waals surface area contributed by atoms with Crippen LogP contribution >= 0.6 is 0 Å². The summed E-state index contributed by atoms with van der Waals surface area (Å²) in [5, 5.41) is 9.46. The Bertz CT molecular complexity index is 222. The van der Waals surface area contributed by atoms with E-state index < -0.39 is 11.9 Å². The van der Waals surface area contributed by atoms with Crippen LogP contribution in [0.4, 0.5) is 0 Å². The van der Waals surface area contributed by atoms with Crippen LogP contribution in [-0.2, 0) is 14.3 Å². The first kappa shape index (κ1) is 11.7. The predicted molar refractivity (Wildman–Crippen MR) is 47.4 cm³/mol. The van der Waals surface area contributed by atoms with Crippen molar-refractivity contribution in [1.82, 2.24) is 0 Å². The van der Waals surface area contributed by atoms with Gasteiger partial charge in [-0.15, -0.1) is 0 Å². The Morgan fingerprint density at radius 1 is 1.69 bits per heavy atom. The third kappa shape index (κ3) is 3.75. The Balaban J connectivity index is 4.34. The molecule has 0 aromatic carbocycles. The molecule has 0 aliphatic heterocycles. The number of rotatable bonds is 5. The summed E-state index contributed by atoms with van der Waals surface area (Å²) in [5.74, 6) is -2.64. The van der Waals surface area contributed by atoms with Crippen molar-refractivity contribution in [2.24, 2.45) is 0 Å². The van der Waals surface area contributed by atoms with Gasteiger partial charge in [0.15, 0.2) is 0 Å². The highest BCUT2D eigenvalue weighted by atomic mass is 16.8. The molecule has 1 unspecified atom stereocenters. The van der Waals surface area contributed by atoms with E-state index in [0.717, 1.165) is 6.26 Å². The zero-order valence-electron chi connectivity index (χ0n) is 7.87. The maximum atomic E-state index is 11.0. The average Bonchev–Trinajstić information content (AvgIpc) is 2.04. The molecule has 1 atom stereocenters. The first-order valence-corrected chi connectivity index (χ1v) is 3.85. The van der Waals surface area contributed by atoms with Crippen LogP contribution in [0.3, 0.4) is 0 Å². The second-order valence-electron chi connectivity index (χ2n) is 2.52. The number of ether oxygens (including phenoxy) is 2. The first-order valence-electron chi connectivity index (χ1n) is 3.85. The third-order valence-corrected chi connectivity index (χ3v) is 1.31. The number of carbonyl (C=O) groups is 1. The van der Waals surface area contributed by atoms with E-state index in [1.165, 1.54) is 6.92 Å². The Labute approximate surface area is 77.5 Å². The summed E-state index contributed by atoms with van der Waals surface area (Å²) in [7, 11) is 0. The van der Waals surface area contributed by atoms with E-state index >= 15 is 0 Å². The zero-order chi connectivity index (χ0) is 10.5. The summed E-state index contributed by atoms with van der Waals surface area (Å²) < 4.78 is 9.25. The number of hydrogen-bond acceptors (Lipinski definition) is 4. The van der Waals surface area contributed by atoms with Crippen LogP contribution in [-0.4, -0.2) is 17.0 Å². The highest BCUT2D eigenvalue weighted by Crippen LogP contribution is 2.15. The van der Waals surface area contributed by atoms with Crippen LogP contribution in [0.15, 0.2) is 25.0 Å². The van der Waals surface area contributed by atoms with Crippen molar-refractivity contribution in [3.8, 4) is 0 Å². The number of hydrogen-bond donors (Lipinski definition) is 1. The van der Waals surface area contributed by atoms with Gasteiger partial charge in [-0.3, -0.25) is 0 Å². The lowest BCUT2D eigenvalue weighted by atomic mass is 10.3. The minimum absolute atomic E-state index is 0.109. The Kier molecular flexibility index (Phi) is 4.20. The van der Waals surface area contributed by atoms with Gasteiger partial charge in [-0.25, -0.2) is 4.79 Å². The Hall–Kier alpha value is -1.29. The highest BCUT2D eigenvalue weighted by Gasteiger charge is 2.30. The molecule has 0 bridgehead atoms. The van der Waals surface area contributed by atoms with E-state index in [4.69, 9.17) is 0 Å². The van der Waals surface area contributed by atoms with Crippen LogP contribution in [0.5, 0.6) is 0 Å². The standard InChI is InChI=1S/C9H14O4/c1-5-9(11,12-6-2)13-8(10)7(3)4/h6,11H,2-3,5H2,1,4H3. The molecule has 13 heavy (non-hydrogen) atoms. The van der Waals surface area contributed by atoms with Crippen molar-refractivity contribution in [2.75, 3.05) is 0 Å². The van der Waals surface area contributed by atoms with Crippen molar-refractivity contribution in [3.63, 3.8) is 0 Å². The van der Waals surface area contributed by atoms with Crippen LogP contribution in [0.25, 0.3) is 0 Å². The van der Waals surface area contributed by atoms with Crippen molar-refractivity contribution in [2.45, 2.75) is 26.2 Å². The van der Waals surface area contributed by atoms with Crippen LogP contribution < -0.4 is 0 Å². The van der Waals surface area contributed by atoms with Crippen LogP contribution in [0, 0.1) is 0 Å². The fourth-order valence-electron chi connectivity index (χ4n) is 0.542. The second kappa shape index (κ2) is 4.67. The molecule has 0 radical (unpaired) electrons. The van der Waals surface area contributed by atoms with Gasteiger partial charge in [-0.05, 0) is 6.92 Å². The van der Waals surface area contributed by atoms with Gasteiger partial charge in [-0.1, -0.05) is 20.1 Å². The summed E-state index contributed by atoms with van der Waals surface area (Å²) in [6.07, 6.45) is 1.12. The molecule has 4 nitrogen and oxygen atoms in total. The smallest absolute Gasteiger partial charge is 0.370 e. The lowest BCUT2D eigenvalue weighted by Gasteiger charge is -2.24. The Morgan fingerprint density at radius 3 is 2.54 bits per heavy atom. The van der Waals surface area contributed by atoms with Crippen LogP contribution in [0.2, 0.25) is 0 Å². The topological polar surface area (TPSA) is 55.8 Å². The largest absolute Gasteiger partial charge is 0.439 e. The van der Waals surface area contributed by atoms with Gasteiger partial charge in [-0.2, -0.15) is 0 Å². The lowest BCUT2D eigenvalue weighted by molar-refractivity contribution is -0.319. The monoisotopic (exact) mass is 186 g/mol. The van der Waals surface area contributed by atoms with Gasteiger partial charge >= 0.3 is 11.9 Å². The molecule has 0 saturated carbocycles. The molecule has 4 heteroatoms. The molecular formula is C9H14O4. The molecule has 0 amide bonds. The first-order chi connectivity index (χ1) is 5.95. The molecule has 0 aromatic rings. The summed E-state index contributed by atoms with van der Waals surface area (Å²) >= 11 is 0. The molecule has 0 aromatic heterocycles. The van der Waals surface area contributed by atoms with E-state index in [1.54, 1.807) is 6.92 Å². The molecule has 0 aliphatic rings. The fraction of sp³-hybridized carbons (Fsp3) is 0.444. The van der Waals surface area contributed by atoms with Gasteiger partial charge in [0.25, 0.3) is 0 Å². The van der Waals surface area contributed by atoms with Gasteiger partial charge in [0.2, 0.25) is 0 Å². The van der Waals surface area contributed by atoms with Gasteiger partial charge < -0.3 is 14.6 Å². The second-order valence-corrected chi connectivity index (χ2v) is 2.52. The normalized spacial score (nSPS) is 14.1. The number of carbonyl (C=O) groups excluding carboxylic acids is 1. The van der Waals surface area contributed by atoms with Crippen molar-refractivity contribution in [3.05, 3.63) is 25.0 Å². The van der Waals surface area contributed by atoms with E-state index in [0.29, 0.717) is 0 Å². The summed E-state index contributed by atoms with van der Waals surface area (Å²) in [6.45, 7) is 9.70. The highest BCUT2D eigenvalue weighted by molar-refractivity contribution is 5.87. The van der Waals surface area contributed by atoms with Gasteiger partial charge in [0.1, 0.15) is 0 Å². The summed E-state index contributed by atoms with van der Waals surface area (Å²) in [5.41, 5.74) is 0.194. The number of esters is 1. The lowest BCUT2D eigenvalue weighted by Crippen LogP contribution is -2.35. The zero-order valence-corrected chi connectivity index (χ0v) is 7.87. The molecule has 0 heterocycles. The van der Waals surface area contributed by atoms with Crippen molar-refractivity contribution < 1.29 is 19.4 Å². The Morgan fingerprint density at radius 2 is 2.23 bits per heavy atom. The maximum absolute atomic E-state index is 11.0. The maximum Gasteiger partial charge on any atom is 0.370 e. The van der Waals surface area contributed by atoms with E-state index in [9.17, 15) is 9.90 Å². The van der Waals surface area contributed by atoms with Crippen molar-refractivity contribution >= 4 is 5.97 Å². The quantitative estimate of drug-likeness (QED) is 0.304. The molecular weight excluding hydrogens is 172 g/mol. The molecule has 74 valence electrons. The molecule has 0 saturated heterocycles. The summed E-state index contributed by atoms with van der Waals surface area (Å²) in [4.78, 5) is 11.0. The molecule has 0 rings (SSSR count). The molecule has 0 spiro atoms.